The Labute approximate surface area is 154 Å². The van der Waals surface area contributed by atoms with E-state index in [1.165, 1.54) is 30.0 Å². The van der Waals surface area contributed by atoms with Crippen LogP contribution in [-0.4, -0.2) is 22.4 Å². The molecule has 3 rings (SSSR count). The van der Waals surface area contributed by atoms with Gasteiger partial charge in [0.25, 0.3) is 0 Å². The molecular formula is C19H18N2O2S2. The Bertz CT molecular complexity index is 934. The number of hydrogen-bond acceptors (Lipinski definition) is 5. The summed E-state index contributed by atoms with van der Waals surface area (Å²) in [4.78, 5) is 29.7. The number of thiophene rings is 1. The van der Waals surface area contributed by atoms with Gasteiger partial charge in [0.1, 0.15) is 0 Å². The monoisotopic (exact) mass is 370 g/mol. The molecule has 0 aliphatic rings. The van der Waals surface area contributed by atoms with E-state index in [9.17, 15) is 9.59 Å². The Balaban J connectivity index is 1.65. The number of carbonyl (C=O) groups is 2. The summed E-state index contributed by atoms with van der Waals surface area (Å²) < 4.78 is 0. The van der Waals surface area contributed by atoms with Gasteiger partial charge in [0.2, 0.25) is 5.91 Å². The van der Waals surface area contributed by atoms with Gasteiger partial charge in [-0.05, 0) is 36.8 Å². The van der Waals surface area contributed by atoms with Crippen LogP contribution in [0.4, 0.5) is 0 Å². The molecule has 0 aliphatic heterocycles. The lowest BCUT2D eigenvalue weighted by molar-refractivity contribution is -0.119. The van der Waals surface area contributed by atoms with E-state index < -0.39 is 0 Å². The summed E-state index contributed by atoms with van der Waals surface area (Å²) in [5.74, 6) is 0.358. The van der Waals surface area contributed by atoms with Crippen LogP contribution in [0.3, 0.4) is 0 Å². The Kier molecular flexibility index (Phi) is 5.50. The van der Waals surface area contributed by atoms with Crippen LogP contribution >= 0.6 is 23.1 Å². The Hall–Kier alpha value is -2.18. The van der Waals surface area contributed by atoms with Crippen molar-refractivity contribution < 1.29 is 9.59 Å². The minimum Gasteiger partial charge on any atom is -0.351 e. The lowest BCUT2D eigenvalue weighted by Gasteiger charge is -2.05. The number of nitrogens with one attached hydrogen (secondary N) is 1. The van der Waals surface area contributed by atoms with Crippen molar-refractivity contribution in [2.24, 2.45) is 0 Å². The van der Waals surface area contributed by atoms with E-state index in [1.54, 1.807) is 0 Å². The topological polar surface area (TPSA) is 59.1 Å². The van der Waals surface area contributed by atoms with Crippen LogP contribution in [0.25, 0.3) is 10.9 Å². The third kappa shape index (κ3) is 4.46. The summed E-state index contributed by atoms with van der Waals surface area (Å²) in [6.45, 7) is 4.00. The smallest absolute Gasteiger partial charge is 0.217 e. The van der Waals surface area contributed by atoms with Crippen LogP contribution in [0, 0.1) is 6.92 Å². The third-order valence-electron chi connectivity index (χ3n) is 3.70. The van der Waals surface area contributed by atoms with E-state index in [2.05, 4.69) is 23.3 Å². The second-order valence-corrected chi connectivity index (χ2v) is 7.85. The van der Waals surface area contributed by atoms with Crippen molar-refractivity contribution in [1.29, 1.82) is 0 Å². The number of para-hydroxylation sites is 1. The first-order chi connectivity index (χ1) is 12.0. The predicted octanol–water partition coefficient (Wildman–Crippen LogP) is 4.22. The summed E-state index contributed by atoms with van der Waals surface area (Å²) in [6, 6.07) is 13.7. The summed E-state index contributed by atoms with van der Waals surface area (Å²) >= 11 is 2.88. The lowest BCUT2D eigenvalue weighted by atomic mass is 10.1. The highest BCUT2D eigenvalue weighted by Gasteiger charge is 2.11. The highest BCUT2D eigenvalue weighted by molar-refractivity contribution is 8.00. The summed E-state index contributed by atoms with van der Waals surface area (Å²) in [6.07, 6.45) is 0. The van der Waals surface area contributed by atoms with Gasteiger partial charge >= 0.3 is 0 Å². The van der Waals surface area contributed by atoms with E-state index in [4.69, 9.17) is 0 Å². The molecule has 4 nitrogen and oxygen atoms in total. The molecule has 1 N–H and O–H groups in total. The average molecular weight is 370 g/mol. The number of thioether (sulfide) groups is 1. The minimum absolute atomic E-state index is 0.0745. The Morgan fingerprint density at radius 2 is 2.00 bits per heavy atom. The predicted molar refractivity (Wildman–Crippen MR) is 103 cm³/mol. The van der Waals surface area contributed by atoms with E-state index in [0.717, 1.165) is 26.4 Å². The average Bonchev–Trinajstić information content (AvgIpc) is 3.07. The number of hydrogen-bond donors (Lipinski definition) is 1. The van der Waals surface area contributed by atoms with E-state index in [-0.39, 0.29) is 11.7 Å². The van der Waals surface area contributed by atoms with Gasteiger partial charge in [-0.1, -0.05) is 30.0 Å². The van der Waals surface area contributed by atoms with Crippen molar-refractivity contribution >= 4 is 45.7 Å². The Morgan fingerprint density at radius 1 is 1.20 bits per heavy atom. The molecule has 2 heterocycles. The number of amides is 1. The molecule has 1 aromatic carbocycles. The largest absolute Gasteiger partial charge is 0.351 e. The number of aromatic nitrogens is 1. The van der Waals surface area contributed by atoms with Crippen molar-refractivity contribution in [3.63, 3.8) is 0 Å². The van der Waals surface area contributed by atoms with Gasteiger partial charge in [-0.3, -0.25) is 9.59 Å². The number of benzene rings is 1. The molecule has 0 unspecified atom stereocenters. The number of aryl methyl sites for hydroxylation is 1. The number of fused-ring (bicyclic) bond motifs is 1. The molecule has 128 valence electrons. The number of carbonyl (C=O) groups excluding carboxylic acids is 2. The van der Waals surface area contributed by atoms with E-state index >= 15 is 0 Å². The molecule has 0 radical (unpaired) electrons. The zero-order valence-corrected chi connectivity index (χ0v) is 15.7. The third-order valence-corrected chi connectivity index (χ3v) is 5.74. The highest BCUT2D eigenvalue weighted by atomic mass is 32.2. The maximum absolute atomic E-state index is 12.4. The van der Waals surface area contributed by atoms with Crippen LogP contribution in [0.1, 0.15) is 27.0 Å². The standard InChI is InChI=1S/C19H18N2O2S2/c1-12-9-19(21-16-6-4-3-5-15(12)16)24-11-17(23)18-8-7-14(25-18)10-20-13(2)22/h3-9H,10-11H2,1-2H3,(H,20,22). The molecule has 0 spiro atoms. The second-order valence-electron chi connectivity index (χ2n) is 5.68. The number of pyridine rings is 1. The first kappa shape index (κ1) is 17.6. The summed E-state index contributed by atoms with van der Waals surface area (Å²) in [5, 5.41) is 4.74. The molecule has 0 bridgehead atoms. The first-order valence-electron chi connectivity index (χ1n) is 7.88. The fourth-order valence-electron chi connectivity index (χ4n) is 2.44. The van der Waals surface area contributed by atoms with E-state index in [0.29, 0.717) is 17.2 Å². The molecule has 25 heavy (non-hydrogen) atoms. The minimum atomic E-state index is -0.0745. The van der Waals surface area contributed by atoms with Gasteiger partial charge in [-0.25, -0.2) is 4.98 Å². The number of ketones is 1. The van der Waals surface area contributed by atoms with Gasteiger partial charge in [0, 0.05) is 17.2 Å². The normalized spacial score (nSPS) is 10.8. The van der Waals surface area contributed by atoms with Crippen LogP contribution in [0.5, 0.6) is 0 Å². The van der Waals surface area contributed by atoms with Crippen LogP contribution in [-0.2, 0) is 11.3 Å². The highest BCUT2D eigenvalue weighted by Crippen LogP contribution is 2.25. The molecular weight excluding hydrogens is 352 g/mol. The molecule has 6 heteroatoms. The maximum atomic E-state index is 12.4. The molecule has 2 aromatic heterocycles. The molecule has 0 saturated heterocycles. The number of Topliss-reactive ketones (excluding diaryl/α,β-unsaturated/α-hetero) is 1. The molecule has 0 aliphatic carbocycles. The fourth-order valence-corrected chi connectivity index (χ4v) is 4.27. The van der Waals surface area contributed by atoms with Crippen molar-refractivity contribution in [3.8, 4) is 0 Å². The fraction of sp³-hybridized carbons (Fsp3) is 0.211. The van der Waals surface area contributed by atoms with E-state index in [1.807, 2.05) is 36.4 Å². The summed E-state index contributed by atoms with van der Waals surface area (Å²) in [5.41, 5.74) is 2.11. The summed E-state index contributed by atoms with van der Waals surface area (Å²) in [7, 11) is 0. The van der Waals surface area contributed by atoms with Crippen LogP contribution in [0.2, 0.25) is 0 Å². The Morgan fingerprint density at radius 3 is 2.80 bits per heavy atom. The van der Waals surface area contributed by atoms with Gasteiger partial charge in [-0.2, -0.15) is 0 Å². The molecule has 1 amide bonds. The second kappa shape index (κ2) is 7.80. The zero-order valence-electron chi connectivity index (χ0n) is 14.0. The number of nitrogens with zero attached hydrogens (tertiary/aromatic N) is 1. The van der Waals surface area contributed by atoms with Gasteiger partial charge in [-0.15, -0.1) is 11.3 Å². The van der Waals surface area contributed by atoms with Gasteiger partial charge in [0.05, 0.1) is 27.7 Å². The lowest BCUT2D eigenvalue weighted by Crippen LogP contribution is -2.18. The first-order valence-corrected chi connectivity index (χ1v) is 9.68. The SMILES string of the molecule is CC(=O)NCc1ccc(C(=O)CSc2cc(C)c3ccccc3n2)s1. The zero-order chi connectivity index (χ0) is 17.8. The van der Waals surface area contributed by atoms with Gasteiger partial charge in [0.15, 0.2) is 5.78 Å². The van der Waals surface area contributed by atoms with Crippen LogP contribution in [0.15, 0.2) is 47.5 Å². The number of rotatable bonds is 6. The molecule has 0 saturated carbocycles. The van der Waals surface area contributed by atoms with Crippen molar-refractivity contribution in [3.05, 3.63) is 57.8 Å². The van der Waals surface area contributed by atoms with Crippen molar-refractivity contribution in [2.45, 2.75) is 25.4 Å². The molecule has 3 aromatic rings. The van der Waals surface area contributed by atoms with Gasteiger partial charge < -0.3 is 5.32 Å². The van der Waals surface area contributed by atoms with Crippen molar-refractivity contribution in [1.82, 2.24) is 10.3 Å². The maximum Gasteiger partial charge on any atom is 0.217 e. The van der Waals surface area contributed by atoms with Crippen LogP contribution < -0.4 is 5.32 Å². The molecule has 0 fully saturated rings. The molecule has 0 atom stereocenters. The quantitative estimate of drug-likeness (QED) is 0.521. The van der Waals surface area contributed by atoms with Crippen molar-refractivity contribution in [2.75, 3.05) is 5.75 Å².